The Hall–Kier alpha value is -1.74. The molecule has 1 aromatic carbocycles. The summed E-state index contributed by atoms with van der Waals surface area (Å²) in [4.78, 5) is 9.17. The maximum absolute atomic E-state index is 5.80. The summed E-state index contributed by atoms with van der Waals surface area (Å²) in [5, 5.41) is 0. The number of hydrogen-bond donors (Lipinski definition) is 1. The van der Waals surface area contributed by atoms with E-state index in [9.17, 15) is 0 Å². The van der Waals surface area contributed by atoms with Crippen molar-refractivity contribution >= 4 is 0 Å². The second kappa shape index (κ2) is 4.86. The van der Waals surface area contributed by atoms with Gasteiger partial charge in [0.1, 0.15) is 5.82 Å². The SMILES string of the molecule is Cc1cc(-c2ccccc2)nc(C(C)(C)CN)n1. The number of rotatable bonds is 3. The molecule has 0 fully saturated rings. The highest BCUT2D eigenvalue weighted by atomic mass is 14.9. The molecule has 0 saturated carbocycles. The fourth-order valence-electron chi connectivity index (χ4n) is 1.72. The Labute approximate surface area is 108 Å². The number of aryl methyl sites for hydroxylation is 1. The molecule has 0 saturated heterocycles. The van der Waals surface area contributed by atoms with Gasteiger partial charge in [-0.1, -0.05) is 44.2 Å². The van der Waals surface area contributed by atoms with E-state index in [1.165, 1.54) is 0 Å². The highest BCUT2D eigenvalue weighted by Gasteiger charge is 2.22. The number of aromatic nitrogens is 2. The first-order valence-corrected chi connectivity index (χ1v) is 6.14. The molecule has 0 atom stereocenters. The lowest BCUT2D eigenvalue weighted by Crippen LogP contribution is -2.30. The number of nitrogens with two attached hydrogens (primary N) is 1. The molecule has 0 aliphatic rings. The van der Waals surface area contributed by atoms with E-state index in [1.54, 1.807) is 0 Å². The molecule has 18 heavy (non-hydrogen) atoms. The van der Waals surface area contributed by atoms with Gasteiger partial charge < -0.3 is 5.73 Å². The van der Waals surface area contributed by atoms with Crippen LogP contribution >= 0.6 is 0 Å². The van der Waals surface area contributed by atoms with Gasteiger partial charge in [0.2, 0.25) is 0 Å². The molecule has 2 aromatic rings. The van der Waals surface area contributed by atoms with Crippen LogP contribution in [0.1, 0.15) is 25.4 Å². The van der Waals surface area contributed by atoms with Crippen LogP contribution in [0.5, 0.6) is 0 Å². The molecule has 0 spiro atoms. The first-order valence-electron chi connectivity index (χ1n) is 6.14. The summed E-state index contributed by atoms with van der Waals surface area (Å²) < 4.78 is 0. The van der Waals surface area contributed by atoms with Crippen LogP contribution < -0.4 is 5.73 Å². The number of nitrogens with zero attached hydrogens (tertiary/aromatic N) is 2. The van der Waals surface area contributed by atoms with Gasteiger partial charge in [-0.15, -0.1) is 0 Å². The summed E-state index contributed by atoms with van der Waals surface area (Å²) in [5.74, 6) is 0.809. The highest BCUT2D eigenvalue weighted by Crippen LogP contribution is 2.23. The molecule has 94 valence electrons. The van der Waals surface area contributed by atoms with E-state index in [0.717, 1.165) is 22.8 Å². The molecule has 0 aliphatic heterocycles. The van der Waals surface area contributed by atoms with Crippen LogP contribution in [0.25, 0.3) is 11.3 Å². The normalized spacial score (nSPS) is 11.6. The summed E-state index contributed by atoms with van der Waals surface area (Å²) in [5.41, 5.74) is 8.64. The van der Waals surface area contributed by atoms with Gasteiger partial charge in [0, 0.05) is 23.2 Å². The maximum Gasteiger partial charge on any atom is 0.136 e. The third-order valence-electron chi connectivity index (χ3n) is 3.04. The molecular weight excluding hydrogens is 222 g/mol. The van der Waals surface area contributed by atoms with E-state index in [2.05, 4.69) is 35.9 Å². The second-order valence-electron chi connectivity index (χ2n) is 5.17. The Morgan fingerprint density at radius 2 is 1.78 bits per heavy atom. The van der Waals surface area contributed by atoms with Crippen LogP contribution in [-0.2, 0) is 5.41 Å². The third-order valence-corrected chi connectivity index (χ3v) is 3.04. The van der Waals surface area contributed by atoms with E-state index in [4.69, 9.17) is 5.73 Å². The molecule has 3 heteroatoms. The monoisotopic (exact) mass is 241 g/mol. The molecule has 3 nitrogen and oxygen atoms in total. The van der Waals surface area contributed by atoms with Crippen LogP contribution in [0, 0.1) is 6.92 Å². The lowest BCUT2D eigenvalue weighted by atomic mass is 9.92. The minimum atomic E-state index is -0.199. The van der Waals surface area contributed by atoms with Gasteiger partial charge in [0.05, 0.1) is 5.69 Å². The van der Waals surface area contributed by atoms with Gasteiger partial charge >= 0.3 is 0 Å². The molecule has 1 aromatic heterocycles. The predicted molar refractivity (Wildman–Crippen MR) is 74.3 cm³/mol. The molecule has 0 radical (unpaired) electrons. The van der Waals surface area contributed by atoms with Gasteiger partial charge in [-0.05, 0) is 13.0 Å². The van der Waals surface area contributed by atoms with Crippen LogP contribution in [0.15, 0.2) is 36.4 Å². The zero-order valence-electron chi connectivity index (χ0n) is 11.1. The first kappa shape index (κ1) is 12.7. The van der Waals surface area contributed by atoms with Crippen LogP contribution in [0.3, 0.4) is 0 Å². The third kappa shape index (κ3) is 2.57. The lowest BCUT2D eigenvalue weighted by Gasteiger charge is -2.21. The smallest absolute Gasteiger partial charge is 0.136 e. The molecule has 2 N–H and O–H groups in total. The summed E-state index contributed by atoms with van der Waals surface area (Å²) in [7, 11) is 0. The zero-order chi connectivity index (χ0) is 13.2. The summed E-state index contributed by atoms with van der Waals surface area (Å²) in [6, 6.07) is 12.1. The molecule has 0 amide bonds. The highest BCUT2D eigenvalue weighted by molar-refractivity contribution is 5.59. The summed E-state index contributed by atoms with van der Waals surface area (Å²) >= 11 is 0. The Balaban J connectivity index is 2.52. The minimum Gasteiger partial charge on any atom is -0.329 e. The van der Waals surface area contributed by atoms with Crippen molar-refractivity contribution in [2.24, 2.45) is 5.73 Å². The number of benzene rings is 1. The van der Waals surface area contributed by atoms with Gasteiger partial charge in [-0.2, -0.15) is 0 Å². The minimum absolute atomic E-state index is 0.199. The number of hydrogen-bond acceptors (Lipinski definition) is 3. The Bertz CT molecular complexity index is 533. The van der Waals surface area contributed by atoms with Crippen molar-refractivity contribution in [2.75, 3.05) is 6.54 Å². The first-order chi connectivity index (χ1) is 8.53. The average molecular weight is 241 g/mol. The molecule has 0 unspecified atom stereocenters. The fraction of sp³-hybridized carbons (Fsp3) is 0.333. The van der Waals surface area contributed by atoms with E-state index >= 15 is 0 Å². The van der Waals surface area contributed by atoms with E-state index in [0.29, 0.717) is 6.54 Å². The molecule has 1 heterocycles. The van der Waals surface area contributed by atoms with Crippen molar-refractivity contribution in [3.8, 4) is 11.3 Å². The largest absolute Gasteiger partial charge is 0.329 e. The van der Waals surface area contributed by atoms with Crippen molar-refractivity contribution in [1.82, 2.24) is 9.97 Å². The Kier molecular flexibility index (Phi) is 3.43. The van der Waals surface area contributed by atoms with Crippen LogP contribution in [-0.4, -0.2) is 16.5 Å². The van der Waals surface area contributed by atoms with Gasteiger partial charge in [0.25, 0.3) is 0 Å². The van der Waals surface area contributed by atoms with Crippen molar-refractivity contribution in [3.05, 3.63) is 47.9 Å². The van der Waals surface area contributed by atoms with Gasteiger partial charge in [-0.3, -0.25) is 0 Å². The van der Waals surface area contributed by atoms with Crippen LogP contribution in [0.4, 0.5) is 0 Å². The Morgan fingerprint density at radius 1 is 1.11 bits per heavy atom. The van der Waals surface area contributed by atoms with E-state index < -0.39 is 0 Å². The predicted octanol–water partition coefficient (Wildman–Crippen LogP) is 2.69. The lowest BCUT2D eigenvalue weighted by molar-refractivity contribution is 0.501. The van der Waals surface area contributed by atoms with Gasteiger partial charge in [0.15, 0.2) is 0 Å². The van der Waals surface area contributed by atoms with Gasteiger partial charge in [-0.25, -0.2) is 9.97 Å². The van der Waals surface area contributed by atoms with Crippen molar-refractivity contribution in [2.45, 2.75) is 26.2 Å². The topological polar surface area (TPSA) is 51.8 Å². The van der Waals surface area contributed by atoms with Crippen molar-refractivity contribution in [1.29, 1.82) is 0 Å². The average Bonchev–Trinajstić information content (AvgIpc) is 2.39. The standard InChI is InChI=1S/C15H19N3/c1-11-9-13(12-7-5-4-6-8-12)18-14(17-11)15(2,3)10-16/h4-9H,10,16H2,1-3H3. The molecular formula is C15H19N3. The maximum atomic E-state index is 5.80. The molecule has 0 aliphatic carbocycles. The van der Waals surface area contributed by atoms with E-state index in [-0.39, 0.29) is 5.41 Å². The quantitative estimate of drug-likeness (QED) is 0.898. The van der Waals surface area contributed by atoms with Crippen LogP contribution in [0.2, 0.25) is 0 Å². The summed E-state index contributed by atoms with van der Waals surface area (Å²) in [6.07, 6.45) is 0. The molecule has 0 bridgehead atoms. The Morgan fingerprint density at radius 3 is 2.39 bits per heavy atom. The second-order valence-corrected chi connectivity index (χ2v) is 5.17. The summed E-state index contributed by atoms with van der Waals surface area (Å²) in [6.45, 7) is 6.65. The molecule has 2 rings (SSSR count). The van der Waals surface area contributed by atoms with Crippen molar-refractivity contribution in [3.63, 3.8) is 0 Å². The van der Waals surface area contributed by atoms with E-state index in [1.807, 2.05) is 31.2 Å². The van der Waals surface area contributed by atoms with Crippen molar-refractivity contribution < 1.29 is 0 Å². The zero-order valence-corrected chi connectivity index (χ0v) is 11.1. The fourth-order valence-corrected chi connectivity index (χ4v) is 1.72.